The van der Waals surface area contributed by atoms with E-state index in [2.05, 4.69) is 13.8 Å². The molecule has 1 N–H and O–H groups in total. The maximum absolute atomic E-state index is 9.81. The zero-order valence-electron chi connectivity index (χ0n) is 8.17. The minimum Gasteiger partial charge on any atom is -0.388 e. The third-order valence-electron chi connectivity index (χ3n) is 1.92. The summed E-state index contributed by atoms with van der Waals surface area (Å²) in [6.45, 7) is 6.15. The first-order valence-electron chi connectivity index (χ1n) is 4.44. The van der Waals surface area contributed by atoms with Gasteiger partial charge in [0.05, 0.1) is 16.0 Å². The average molecular weight is 219 g/mol. The third-order valence-corrected chi connectivity index (χ3v) is 3.74. The normalized spacial score (nSPS) is 13.7. The van der Waals surface area contributed by atoms with Crippen molar-refractivity contribution < 1.29 is 5.11 Å². The van der Waals surface area contributed by atoms with Crippen LogP contribution < -0.4 is 0 Å². The van der Waals surface area contributed by atoms with Crippen molar-refractivity contribution in [2.75, 3.05) is 0 Å². The second kappa shape index (κ2) is 4.45. The topological polar surface area (TPSA) is 20.2 Å². The Hall–Kier alpha value is -0.0500. The van der Waals surface area contributed by atoms with Crippen LogP contribution in [-0.4, -0.2) is 5.11 Å². The van der Waals surface area contributed by atoms with Crippen molar-refractivity contribution in [1.82, 2.24) is 0 Å². The van der Waals surface area contributed by atoms with Gasteiger partial charge in [-0.25, -0.2) is 0 Å². The lowest BCUT2D eigenvalue weighted by molar-refractivity contribution is 0.154. The van der Waals surface area contributed by atoms with E-state index in [4.69, 9.17) is 11.6 Å². The summed E-state index contributed by atoms with van der Waals surface area (Å²) in [5.41, 5.74) is 1.06. The van der Waals surface area contributed by atoms with E-state index in [0.717, 1.165) is 21.9 Å². The highest BCUT2D eigenvalue weighted by atomic mass is 35.5. The first kappa shape index (κ1) is 11.0. The van der Waals surface area contributed by atoms with Gasteiger partial charge in [0, 0.05) is 0 Å². The van der Waals surface area contributed by atoms with Gasteiger partial charge >= 0.3 is 0 Å². The summed E-state index contributed by atoms with van der Waals surface area (Å²) in [6.07, 6.45) is 0.380. The van der Waals surface area contributed by atoms with E-state index in [0.29, 0.717) is 5.92 Å². The summed E-state index contributed by atoms with van der Waals surface area (Å²) in [5, 5.41) is 12.5. The highest BCUT2D eigenvalue weighted by molar-refractivity contribution is 7.10. The van der Waals surface area contributed by atoms with E-state index >= 15 is 0 Å². The fourth-order valence-electron chi connectivity index (χ4n) is 1.23. The number of thiophene rings is 1. The Balaban J connectivity index is 2.76. The maximum Gasteiger partial charge on any atom is 0.0899 e. The summed E-state index contributed by atoms with van der Waals surface area (Å²) >= 11 is 7.58. The van der Waals surface area contributed by atoms with Crippen LogP contribution in [0.4, 0.5) is 0 Å². The molecule has 0 aliphatic rings. The molecule has 0 fully saturated rings. The van der Waals surface area contributed by atoms with Crippen molar-refractivity contribution in [3.05, 3.63) is 20.8 Å². The molecule has 1 aromatic heterocycles. The van der Waals surface area contributed by atoms with Crippen LogP contribution in [0.15, 0.2) is 5.38 Å². The molecule has 0 aromatic carbocycles. The molecule has 0 radical (unpaired) electrons. The van der Waals surface area contributed by atoms with Crippen LogP contribution in [0.2, 0.25) is 5.02 Å². The van der Waals surface area contributed by atoms with Gasteiger partial charge in [0.15, 0.2) is 0 Å². The first-order valence-corrected chi connectivity index (χ1v) is 5.69. The van der Waals surface area contributed by atoms with E-state index in [9.17, 15) is 5.11 Å². The lowest BCUT2D eigenvalue weighted by Crippen LogP contribution is -2.00. The van der Waals surface area contributed by atoms with E-state index in [1.807, 2.05) is 12.3 Å². The van der Waals surface area contributed by atoms with Crippen LogP contribution >= 0.6 is 22.9 Å². The number of halogens is 1. The van der Waals surface area contributed by atoms with Gasteiger partial charge in [-0.3, -0.25) is 0 Å². The van der Waals surface area contributed by atoms with Crippen molar-refractivity contribution in [1.29, 1.82) is 0 Å². The Morgan fingerprint density at radius 3 is 2.54 bits per heavy atom. The van der Waals surface area contributed by atoms with Gasteiger partial charge in [-0.1, -0.05) is 25.4 Å². The molecule has 1 aromatic rings. The fourth-order valence-corrected chi connectivity index (χ4v) is 2.55. The molecule has 0 saturated carbocycles. The minimum atomic E-state index is -0.397. The summed E-state index contributed by atoms with van der Waals surface area (Å²) in [4.78, 5) is 0.910. The molecule has 0 saturated heterocycles. The molecule has 0 bridgehead atoms. The van der Waals surface area contributed by atoms with E-state index in [1.165, 1.54) is 0 Å². The van der Waals surface area contributed by atoms with Crippen molar-refractivity contribution in [2.24, 2.45) is 5.92 Å². The Bertz CT molecular complexity index is 280. The smallest absolute Gasteiger partial charge is 0.0899 e. The molecule has 0 aliphatic heterocycles. The molecule has 1 rings (SSSR count). The van der Waals surface area contributed by atoms with Crippen LogP contribution in [0.25, 0.3) is 0 Å². The van der Waals surface area contributed by atoms with Crippen molar-refractivity contribution in [3.63, 3.8) is 0 Å². The molecular formula is C10H15ClOS. The van der Waals surface area contributed by atoms with Gasteiger partial charge in [0.2, 0.25) is 0 Å². The van der Waals surface area contributed by atoms with Crippen LogP contribution in [0.3, 0.4) is 0 Å². The number of hydrogen-bond acceptors (Lipinski definition) is 2. The molecule has 1 unspecified atom stereocenters. The van der Waals surface area contributed by atoms with Gasteiger partial charge in [-0.05, 0) is 30.2 Å². The number of rotatable bonds is 3. The minimum absolute atomic E-state index is 0.397. The molecule has 3 heteroatoms. The second-order valence-corrected chi connectivity index (χ2v) is 5.03. The highest BCUT2D eigenvalue weighted by Gasteiger charge is 2.16. The fraction of sp³-hybridized carbons (Fsp3) is 0.600. The Morgan fingerprint density at radius 1 is 1.54 bits per heavy atom. The maximum atomic E-state index is 9.81. The summed E-state index contributed by atoms with van der Waals surface area (Å²) in [5.74, 6) is 0.494. The van der Waals surface area contributed by atoms with E-state index < -0.39 is 6.10 Å². The van der Waals surface area contributed by atoms with E-state index in [-0.39, 0.29) is 0 Å². The molecule has 1 heterocycles. The van der Waals surface area contributed by atoms with Crippen LogP contribution in [0, 0.1) is 12.8 Å². The van der Waals surface area contributed by atoms with Crippen LogP contribution in [0.5, 0.6) is 0 Å². The average Bonchev–Trinajstić information content (AvgIpc) is 2.31. The number of hydrogen-bond donors (Lipinski definition) is 1. The third kappa shape index (κ3) is 2.70. The Kier molecular flexibility index (Phi) is 3.77. The molecule has 0 aliphatic carbocycles. The molecule has 0 spiro atoms. The van der Waals surface area contributed by atoms with Gasteiger partial charge in [0.25, 0.3) is 0 Å². The first-order chi connectivity index (χ1) is 6.02. The summed E-state index contributed by atoms with van der Waals surface area (Å²) in [7, 11) is 0. The van der Waals surface area contributed by atoms with Crippen molar-refractivity contribution in [3.8, 4) is 0 Å². The Labute approximate surface area is 88.4 Å². The van der Waals surface area contributed by atoms with Crippen molar-refractivity contribution in [2.45, 2.75) is 33.3 Å². The predicted molar refractivity (Wildman–Crippen MR) is 58.5 cm³/mol. The molecule has 1 atom stereocenters. The molecule has 74 valence electrons. The number of aliphatic hydroxyl groups excluding tert-OH is 1. The van der Waals surface area contributed by atoms with Crippen LogP contribution in [-0.2, 0) is 0 Å². The SMILES string of the molecule is Cc1csc(C(O)CC(C)C)c1Cl. The highest BCUT2D eigenvalue weighted by Crippen LogP contribution is 2.34. The number of aliphatic hydroxyl groups is 1. The van der Waals surface area contributed by atoms with Gasteiger partial charge < -0.3 is 5.11 Å². The predicted octanol–water partition coefficient (Wildman–Crippen LogP) is 3.79. The zero-order chi connectivity index (χ0) is 10.0. The monoisotopic (exact) mass is 218 g/mol. The van der Waals surface area contributed by atoms with Gasteiger partial charge in [-0.15, -0.1) is 11.3 Å². The summed E-state index contributed by atoms with van der Waals surface area (Å²) in [6, 6.07) is 0. The lowest BCUT2D eigenvalue weighted by Gasteiger charge is -2.11. The largest absolute Gasteiger partial charge is 0.388 e. The van der Waals surface area contributed by atoms with Gasteiger partial charge in [0.1, 0.15) is 0 Å². The molecule has 1 nitrogen and oxygen atoms in total. The molecular weight excluding hydrogens is 204 g/mol. The quantitative estimate of drug-likeness (QED) is 0.819. The van der Waals surface area contributed by atoms with Gasteiger partial charge in [-0.2, -0.15) is 0 Å². The summed E-state index contributed by atoms with van der Waals surface area (Å²) < 4.78 is 0. The number of aryl methyl sites for hydroxylation is 1. The lowest BCUT2D eigenvalue weighted by atomic mass is 10.0. The standard InChI is InChI=1S/C10H15ClOS/c1-6(2)4-8(12)10-9(11)7(3)5-13-10/h5-6,8,12H,4H2,1-3H3. The Morgan fingerprint density at radius 2 is 2.15 bits per heavy atom. The van der Waals surface area contributed by atoms with Crippen LogP contribution in [0.1, 0.15) is 36.8 Å². The van der Waals surface area contributed by atoms with Crippen molar-refractivity contribution >= 4 is 22.9 Å². The molecule has 0 amide bonds. The molecule has 13 heavy (non-hydrogen) atoms. The second-order valence-electron chi connectivity index (χ2n) is 3.74. The zero-order valence-corrected chi connectivity index (χ0v) is 9.75. The van der Waals surface area contributed by atoms with E-state index in [1.54, 1.807) is 11.3 Å².